The van der Waals surface area contributed by atoms with Crippen LogP contribution in [0.2, 0.25) is 0 Å². The second-order valence-corrected chi connectivity index (χ2v) is 8.33. The highest BCUT2D eigenvalue weighted by molar-refractivity contribution is 8.02. The van der Waals surface area contributed by atoms with Crippen LogP contribution >= 0.6 is 34.9 Å². The van der Waals surface area contributed by atoms with Crippen molar-refractivity contribution in [2.45, 2.75) is 34.7 Å². The smallest absolute Gasteiger partial charge is 0.237 e. The molecular formula is C15H16N4OS3. The highest BCUT2D eigenvalue weighted by Gasteiger charge is 2.11. The fourth-order valence-electron chi connectivity index (χ4n) is 1.88. The Morgan fingerprint density at radius 2 is 1.78 bits per heavy atom. The second-order valence-electron chi connectivity index (χ2n) is 4.62. The SMILES string of the molecule is CCSc1nnc(SCc2nc(-c3ccc(CC)cc3)no2)s1. The highest BCUT2D eigenvalue weighted by atomic mass is 32.2. The van der Waals surface area contributed by atoms with Crippen LogP contribution in [0.25, 0.3) is 11.4 Å². The van der Waals surface area contributed by atoms with Crippen molar-refractivity contribution in [2.24, 2.45) is 0 Å². The molecule has 0 unspecified atom stereocenters. The molecule has 2 heterocycles. The molecule has 2 aromatic heterocycles. The normalized spacial score (nSPS) is 11.0. The van der Waals surface area contributed by atoms with Crippen LogP contribution in [0.5, 0.6) is 0 Å². The number of thioether (sulfide) groups is 2. The van der Waals surface area contributed by atoms with Crippen LogP contribution in [0.15, 0.2) is 37.5 Å². The molecule has 8 heteroatoms. The van der Waals surface area contributed by atoms with Crippen LogP contribution in [-0.2, 0) is 12.2 Å². The van der Waals surface area contributed by atoms with E-state index >= 15 is 0 Å². The second kappa shape index (κ2) is 7.94. The van der Waals surface area contributed by atoms with Gasteiger partial charge in [0, 0.05) is 5.56 Å². The van der Waals surface area contributed by atoms with Gasteiger partial charge in [0.15, 0.2) is 8.68 Å². The van der Waals surface area contributed by atoms with E-state index in [0.717, 1.165) is 26.4 Å². The van der Waals surface area contributed by atoms with Crippen LogP contribution in [0, 0.1) is 0 Å². The zero-order chi connectivity index (χ0) is 16.1. The van der Waals surface area contributed by atoms with Crippen LogP contribution in [0.3, 0.4) is 0 Å². The Kier molecular flexibility index (Phi) is 5.69. The van der Waals surface area contributed by atoms with Gasteiger partial charge < -0.3 is 4.52 Å². The van der Waals surface area contributed by atoms with E-state index in [0.29, 0.717) is 17.5 Å². The van der Waals surface area contributed by atoms with E-state index in [-0.39, 0.29) is 0 Å². The predicted molar refractivity (Wildman–Crippen MR) is 95.0 cm³/mol. The maximum atomic E-state index is 5.32. The molecule has 0 radical (unpaired) electrons. The molecular weight excluding hydrogens is 348 g/mol. The number of hydrogen-bond donors (Lipinski definition) is 0. The lowest BCUT2D eigenvalue weighted by atomic mass is 10.1. The standard InChI is InChI=1S/C15H16N4OS3/c1-3-10-5-7-11(8-6-10)13-16-12(20-19-13)9-22-15-18-17-14(23-15)21-4-2/h5-8H,3-4,9H2,1-2H3. The molecule has 0 atom stereocenters. The van der Waals surface area contributed by atoms with E-state index in [1.807, 2.05) is 12.1 Å². The number of benzene rings is 1. The quantitative estimate of drug-likeness (QED) is 0.570. The summed E-state index contributed by atoms with van der Waals surface area (Å²) in [5.74, 6) is 2.83. The Hall–Kier alpha value is -1.38. The monoisotopic (exact) mass is 364 g/mol. The summed E-state index contributed by atoms with van der Waals surface area (Å²) in [4.78, 5) is 4.45. The summed E-state index contributed by atoms with van der Waals surface area (Å²) in [7, 11) is 0. The number of hydrogen-bond acceptors (Lipinski definition) is 8. The van der Waals surface area contributed by atoms with Crippen molar-refractivity contribution in [1.82, 2.24) is 20.3 Å². The lowest BCUT2D eigenvalue weighted by Crippen LogP contribution is -1.84. The van der Waals surface area contributed by atoms with Gasteiger partial charge in [-0.05, 0) is 17.7 Å². The lowest BCUT2D eigenvalue weighted by molar-refractivity contribution is 0.391. The van der Waals surface area contributed by atoms with Crippen molar-refractivity contribution in [1.29, 1.82) is 0 Å². The summed E-state index contributed by atoms with van der Waals surface area (Å²) in [5, 5.41) is 12.3. The molecule has 0 saturated heterocycles. The Morgan fingerprint density at radius 1 is 1.04 bits per heavy atom. The van der Waals surface area contributed by atoms with Crippen molar-refractivity contribution in [2.75, 3.05) is 5.75 Å². The molecule has 0 aliphatic carbocycles. The van der Waals surface area contributed by atoms with Crippen LogP contribution < -0.4 is 0 Å². The number of nitrogens with zero attached hydrogens (tertiary/aromatic N) is 4. The third-order valence-electron chi connectivity index (χ3n) is 3.06. The van der Waals surface area contributed by atoms with E-state index in [9.17, 15) is 0 Å². The average molecular weight is 365 g/mol. The molecule has 3 aromatic rings. The first kappa shape index (κ1) is 16.5. The minimum Gasteiger partial charge on any atom is -0.338 e. The molecule has 1 aromatic carbocycles. The van der Waals surface area contributed by atoms with E-state index in [1.54, 1.807) is 34.9 Å². The Morgan fingerprint density at radius 3 is 2.48 bits per heavy atom. The van der Waals surface area contributed by atoms with Gasteiger partial charge in [0.1, 0.15) is 0 Å². The van der Waals surface area contributed by atoms with Crippen molar-refractivity contribution < 1.29 is 4.52 Å². The van der Waals surface area contributed by atoms with Crippen LogP contribution in [0.1, 0.15) is 25.3 Å². The third-order valence-corrected chi connectivity index (χ3v) is 6.12. The van der Waals surface area contributed by atoms with Crippen LogP contribution in [-0.4, -0.2) is 26.1 Å². The Labute approximate surface area is 147 Å². The molecule has 0 bridgehead atoms. The zero-order valence-corrected chi connectivity index (χ0v) is 15.3. The Bertz CT molecular complexity index is 754. The van der Waals surface area contributed by atoms with Crippen molar-refractivity contribution in [3.8, 4) is 11.4 Å². The number of rotatable bonds is 7. The van der Waals surface area contributed by atoms with Gasteiger partial charge in [-0.2, -0.15) is 4.98 Å². The van der Waals surface area contributed by atoms with Gasteiger partial charge in [-0.3, -0.25) is 0 Å². The topological polar surface area (TPSA) is 64.7 Å². The minimum absolute atomic E-state index is 0.601. The maximum absolute atomic E-state index is 5.32. The summed E-state index contributed by atoms with van der Waals surface area (Å²) in [6, 6.07) is 8.24. The van der Waals surface area contributed by atoms with E-state index in [1.165, 1.54) is 5.56 Å². The molecule has 5 nitrogen and oxygen atoms in total. The van der Waals surface area contributed by atoms with Gasteiger partial charge in [-0.15, -0.1) is 10.2 Å². The van der Waals surface area contributed by atoms with E-state index in [4.69, 9.17) is 4.52 Å². The van der Waals surface area contributed by atoms with Gasteiger partial charge in [0.2, 0.25) is 11.7 Å². The molecule has 3 rings (SSSR count). The first-order valence-electron chi connectivity index (χ1n) is 7.29. The number of aryl methyl sites for hydroxylation is 1. The third kappa shape index (κ3) is 4.33. The van der Waals surface area contributed by atoms with Gasteiger partial charge >= 0.3 is 0 Å². The summed E-state index contributed by atoms with van der Waals surface area (Å²) in [5.41, 5.74) is 2.27. The van der Waals surface area contributed by atoms with E-state index in [2.05, 4.69) is 46.3 Å². The fraction of sp³-hybridized carbons (Fsp3) is 0.333. The average Bonchev–Trinajstić information content (AvgIpc) is 3.23. The maximum Gasteiger partial charge on any atom is 0.237 e. The number of aromatic nitrogens is 4. The van der Waals surface area contributed by atoms with Gasteiger partial charge in [-0.1, -0.05) is 78.1 Å². The molecule has 0 amide bonds. The highest BCUT2D eigenvalue weighted by Crippen LogP contribution is 2.30. The molecule has 0 spiro atoms. The summed E-state index contributed by atoms with van der Waals surface area (Å²) < 4.78 is 7.24. The van der Waals surface area contributed by atoms with Crippen molar-refractivity contribution in [3.63, 3.8) is 0 Å². The molecule has 0 N–H and O–H groups in total. The van der Waals surface area contributed by atoms with E-state index < -0.39 is 0 Å². The molecule has 0 fully saturated rings. The predicted octanol–water partition coefficient (Wildman–Crippen LogP) is 4.55. The molecule has 0 saturated carbocycles. The molecule has 23 heavy (non-hydrogen) atoms. The summed E-state index contributed by atoms with van der Waals surface area (Å²) in [6.07, 6.45) is 1.02. The van der Waals surface area contributed by atoms with Crippen molar-refractivity contribution >= 4 is 34.9 Å². The summed E-state index contributed by atoms with van der Waals surface area (Å²) >= 11 is 4.87. The molecule has 0 aliphatic rings. The fourth-order valence-corrected chi connectivity index (χ4v) is 4.64. The van der Waals surface area contributed by atoms with Crippen molar-refractivity contribution in [3.05, 3.63) is 35.7 Å². The van der Waals surface area contributed by atoms with Gasteiger partial charge in [-0.25, -0.2) is 0 Å². The Balaban J connectivity index is 1.62. The zero-order valence-electron chi connectivity index (χ0n) is 12.9. The summed E-state index contributed by atoms with van der Waals surface area (Å²) in [6.45, 7) is 4.24. The minimum atomic E-state index is 0.601. The lowest BCUT2D eigenvalue weighted by Gasteiger charge is -1.97. The molecule has 0 aliphatic heterocycles. The van der Waals surface area contributed by atoms with Crippen LogP contribution in [0.4, 0.5) is 0 Å². The van der Waals surface area contributed by atoms with Gasteiger partial charge in [0.25, 0.3) is 0 Å². The van der Waals surface area contributed by atoms with Gasteiger partial charge in [0.05, 0.1) is 5.75 Å². The first-order chi connectivity index (χ1) is 11.3. The molecule has 120 valence electrons. The first-order valence-corrected chi connectivity index (χ1v) is 10.1. The largest absolute Gasteiger partial charge is 0.338 e.